The van der Waals surface area contributed by atoms with Gasteiger partial charge in [0, 0.05) is 69.0 Å². The Morgan fingerprint density at radius 1 is 0.581 bits per heavy atom. The number of carbonyl (C=O) groups excluding carboxylic acids is 12. The smallest absolute Gasteiger partial charge is 0.248 e. The van der Waals surface area contributed by atoms with E-state index in [1.807, 2.05) is 51.1 Å². The fourth-order valence-corrected chi connectivity index (χ4v) is 14.3. The van der Waals surface area contributed by atoms with Gasteiger partial charge in [-0.05, 0) is 99.9 Å². The predicted molar refractivity (Wildman–Crippen MR) is 352 cm³/mol. The number of rotatable bonds is 11. The minimum atomic E-state index is -1.48. The molecule has 3 saturated heterocycles. The number of carbonyl (C=O) groups is 12. The van der Waals surface area contributed by atoms with Crippen molar-refractivity contribution in [3.05, 3.63) is 35.9 Å². The molecule has 1 spiro atoms. The van der Waals surface area contributed by atoms with Crippen molar-refractivity contribution in [3.63, 3.8) is 0 Å². The molecular weight excluding hydrogens is 1190 g/mol. The molecule has 2 aliphatic carbocycles. The van der Waals surface area contributed by atoms with Gasteiger partial charge in [0.15, 0.2) is 0 Å². The molecule has 5 aliphatic rings. The van der Waals surface area contributed by atoms with Crippen LogP contribution in [0.5, 0.6) is 0 Å². The number of likely N-dealkylation sites (tertiary alicyclic amines) is 1. The van der Waals surface area contributed by atoms with Crippen molar-refractivity contribution in [1.82, 2.24) is 60.0 Å². The van der Waals surface area contributed by atoms with Gasteiger partial charge in [-0.1, -0.05) is 123 Å². The van der Waals surface area contributed by atoms with Crippen LogP contribution in [0.4, 0.5) is 0 Å². The summed E-state index contributed by atoms with van der Waals surface area (Å²) in [5.74, 6) is -7.91. The van der Waals surface area contributed by atoms with E-state index in [0.717, 1.165) is 44.1 Å². The number of nitrogens with one attached hydrogen (secondary N) is 3. The highest BCUT2D eigenvalue weighted by molar-refractivity contribution is 6.00. The number of likely N-dealkylation sites (N-methyl/N-ethyl adjacent to an activating group) is 7. The van der Waals surface area contributed by atoms with Crippen LogP contribution in [0.15, 0.2) is 30.3 Å². The van der Waals surface area contributed by atoms with Crippen molar-refractivity contribution in [3.8, 4) is 0 Å². The summed E-state index contributed by atoms with van der Waals surface area (Å²) in [4.78, 5) is 189. The highest BCUT2D eigenvalue weighted by atomic mass is 16.2. The van der Waals surface area contributed by atoms with Crippen LogP contribution in [0.3, 0.4) is 0 Å². The second-order valence-corrected chi connectivity index (χ2v) is 28.2. The molecule has 3 aliphatic heterocycles. The topological polar surface area (TPSA) is 270 Å². The van der Waals surface area contributed by atoms with Crippen molar-refractivity contribution in [2.75, 3.05) is 88.6 Å². The summed E-state index contributed by atoms with van der Waals surface area (Å²) in [6, 6.07) is 1.36. The maximum atomic E-state index is 15.4. The van der Waals surface area contributed by atoms with Gasteiger partial charge in [-0.25, -0.2) is 0 Å². The number of hydrogen-bond acceptors (Lipinski definition) is 12. The lowest BCUT2D eigenvalue weighted by Gasteiger charge is -2.42. The third kappa shape index (κ3) is 19.3. The standard InChI is InChI=1S/C69H110N12O12/c1-14-47(6)59-66(91)75(9)43-57(84)73(7)44-58(85)77(11)53(40-49-29-20-16-21-30-49)64(89)74(8)42-55(82)70-50(33-32-48-27-18-15-19-28-48)63(88)81-38-26-31-51(81)62(87)72-69(34-22-23-35-69)68(93)79(13)60(46(4)5)67(92)78(12)54(65(90)80-36-24-17-25-37-80)41-56(83)76(10)52(39-45(2)3)61(86)71-59/h15,18-19,27-28,45-47,49-54,59-60H,14,16-17,20-26,29-44H2,1-13H3,(H,70,82)(H,71,86)(H,72,87)/t47-,50-,51?,52-,53-,54-,59-,60-/m0/s1. The molecule has 93 heavy (non-hydrogen) atoms. The van der Waals surface area contributed by atoms with E-state index in [4.69, 9.17) is 0 Å². The first-order valence-electron chi connectivity index (χ1n) is 34.4. The Morgan fingerprint density at radius 3 is 1.80 bits per heavy atom. The minimum absolute atomic E-state index is 0.0965. The lowest BCUT2D eigenvalue weighted by atomic mass is 9.84. The van der Waals surface area contributed by atoms with Crippen LogP contribution >= 0.6 is 0 Å². The fraction of sp³-hybridized carbons (Fsp3) is 0.739. The minimum Gasteiger partial charge on any atom is -0.343 e. The van der Waals surface area contributed by atoms with E-state index in [0.29, 0.717) is 64.5 Å². The van der Waals surface area contributed by atoms with Crippen LogP contribution < -0.4 is 16.0 Å². The summed E-state index contributed by atoms with van der Waals surface area (Å²) in [6.07, 6.45) is 10.2. The van der Waals surface area contributed by atoms with Crippen LogP contribution in [-0.2, 0) is 64.0 Å². The number of benzene rings is 1. The van der Waals surface area contributed by atoms with E-state index in [-0.39, 0.29) is 50.5 Å². The van der Waals surface area contributed by atoms with Crippen LogP contribution in [0.25, 0.3) is 0 Å². The monoisotopic (exact) mass is 1300 g/mol. The van der Waals surface area contributed by atoms with E-state index >= 15 is 14.4 Å². The summed E-state index contributed by atoms with van der Waals surface area (Å²) in [6.45, 7) is 10.5. The zero-order valence-electron chi connectivity index (χ0n) is 58.0. The molecule has 24 heteroatoms. The van der Waals surface area contributed by atoms with Gasteiger partial charge in [-0.2, -0.15) is 0 Å². The van der Waals surface area contributed by atoms with Gasteiger partial charge in [0.05, 0.1) is 26.1 Å². The maximum Gasteiger partial charge on any atom is 0.248 e. The molecular formula is C69H110N12O12. The Bertz CT molecular complexity index is 2800. The first-order chi connectivity index (χ1) is 44.0. The van der Waals surface area contributed by atoms with Crippen molar-refractivity contribution in [2.45, 2.75) is 218 Å². The van der Waals surface area contributed by atoms with E-state index in [1.165, 1.54) is 88.5 Å². The quantitative estimate of drug-likeness (QED) is 0.286. The molecule has 1 unspecified atom stereocenters. The summed E-state index contributed by atoms with van der Waals surface area (Å²) >= 11 is 0. The van der Waals surface area contributed by atoms with E-state index in [2.05, 4.69) is 16.0 Å². The van der Waals surface area contributed by atoms with E-state index in [1.54, 1.807) is 25.7 Å². The molecule has 0 radical (unpaired) electrons. The molecule has 2 saturated carbocycles. The number of amides is 12. The van der Waals surface area contributed by atoms with Gasteiger partial charge in [0.2, 0.25) is 70.9 Å². The Hall–Kier alpha value is -7.14. The number of piperidine rings is 1. The van der Waals surface area contributed by atoms with Crippen LogP contribution in [0.2, 0.25) is 0 Å². The Morgan fingerprint density at radius 2 is 1.18 bits per heavy atom. The molecule has 1 aromatic rings. The van der Waals surface area contributed by atoms with Crippen molar-refractivity contribution < 1.29 is 57.5 Å². The molecule has 1 aromatic carbocycles. The molecule has 5 fully saturated rings. The molecule has 3 N–H and O–H groups in total. The van der Waals surface area contributed by atoms with Crippen molar-refractivity contribution in [1.29, 1.82) is 0 Å². The van der Waals surface area contributed by atoms with E-state index in [9.17, 15) is 43.2 Å². The summed E-state index contributed by atoms with van der Waals surface area (Å²) in [5, 5.41) is 8.94. The van der Waals surface area contributed by atoms with Crippen molar-refractivity contribution >= 4 is 70.9 Å². The lowest BCUT2D eigenvalue weighted by Crippen LogP contribution is -2.65. The zero-order valence-corrected chi connectivity index (χ0v) is 58.0. The average Bonchev–Trinajstić information content (AvgIpc) is 1.77. The summed E-state index contributed by atoms with van der Waals surface area (Å²) in [5.41, 5.74) is -0.577. The van der Waals surface area contributed by atoms with Crippen LogP contribution in [-0.4, -0.2) is 251 Å². The van der Waals surface area contributed by atoms with Crippen LogP contribution in [0, 0.1) is 23.7 Å². The number of fused-ring (bicyclic) bond motifs is 1. The first kappa shape index (κ1) is 74.9. The molecule has 24 nitrogen and oxygen atoms in total. The third-order valence-corrected chi connectivity index (χ3v) is 20.4. The molecule has 12 amide bonds. The second-order valence-electron chi connectivity index (χ2n) is 28.2. The molecule has 6 rings (SSSR count). The average molecular weight is 1300 g/mol. The molecule has 518 valence electrons. The normalized spacial score (nSPS) is 26.7. The van der Waals surface area contributed by atoms with Gasteiger partial charge < -0.3 is 60.0 Å². The predicted octanol–water partition coefficient (Wildman–Crippen LogP) is 3.83. The van der Waals surface area contributed by atoms with Gasteiger partial charge in [0.25, 0.3) is 0 Å². The Balaban J connectivity index is 1.40. The molecule has 3 heterocycles. The largest absolute Gasteiger partial charge is 0.343 e. The van der Waals surface area contributed by atoms with Gasteiger partial charge >= 0.3 is 0 Å². The second kappa shape index (κ2) is 34.3. The highest BCUT2D eigenvalue weighted by Gasteiger charge is 2.50. The number of hydrogen-bond donors (Lipinski definition) is 3. The number of nitrogens with zero attached hydrogens (tertiary/aromatic N) is 9. The van der Waals surface area contributed by atoms with Gasteiger partial charge in [-0.15, -0.1) is 0 Å². The number of aryl methyl sites for hydroxylation is 1. The molecule has 0 aromatic heterocycles. The van der Waals surface area contributed by atoms with Gasteiger partial charge in [0.1, 0.15) is 47.8 Å². The first-order valence-corrected chi connectivity index (χ1v) is 34.4. The summed E-state index contributed by atoms with van der Waals surface area (Å²) in [7, 11) is 10.2. The van der Waals surface area contributed by atoms with E-state index < -0.39 is 157 Å². The SMILES string of the molecule is CC[C@H](C)[C@@H]1NC(=O)[C@H](CC(C)C)N(C)C(=O)C[C@@H](C(=O)N2CCCCC2)N(C)C(=O)[C@H](C(C)C)N(C)C(=O)C2(CCCC2)NC(=O)C2CCCN2C(=O)[C@H](CCc2ccccc2)NC(=O)CN(C)C(=O)[C@H](CC2CCCCC2)N(C)C(=O)CN(C)C(=O)CN(C)C1=O. The van der Waals surface area contributed by atoms with Crippen LogP contribution in [0.1, 0.15) is 169 Å². The Labute approximate surface area is 552 Å². The summed E-state index contributed by atoms with van der Waals surface area (Å²) < 4.78 is 0. The highest BCUT2D eigenvalue weighted by Crippen LogP contribution is 2.35. The van der Waals surface area contributed by atoms with Gasteiger partial charge in [-0.3, -0.25) is 57.5 Å². The maximum absolute atomic E-state index is 15.4. The van der Waals surface area contributed by atoms with Crippen molar-refractivity contribution in [2.24, 2.45) is 23.7 Å². The zero-order chi connectivity index (χ0) is 68.6. The molecule has 0 bridgehead atoms. The third-order valence-electron chi connectivity index (χ3n) is 20.4. The molecule has 8 atom stereocenters. The Kier molecular flexibility index (Phi) is 27.6. The fourth-order valence-electron chi connectivity index (χ4n) is 14.3. The lowest BCUT2D eigenvalue weighted by molar-refractivity contribution is -0.156.